The van der Waals surface area contributed by atoms with Crippen LogP contribution >= 0.6 is 11.8 Å². The molecule has 150 valence electrons. The molecule has 0 radical (unpaired) electrons. The lowest BCUT2D eigenvalue weighted by atomic mass is 9.84. The van der Waals surface area contributed by atoms with Crippen LogP contribution in [0.3, 0.4) is 0 Å². The molecule has 2 amide bonds. The predicted molar refractivity (Wildman–Crippen MR) is 101 cm³/mol. The first-order valence-electron chi connectivity index (χ1n) is 9.92. The van der Waals surface area contributed by atoms with Gasteiger partial charge in [-0.05, 0) is 56.8 Å². The number of halogens is 2. The number of carbonyl (C=O) groups excluding carboxylic acids is 2. The summed E-state index contributed by atoms with van der Waals surface area (Å²) < 4.78 is 25.9. The summed E-state index contributed by atoms with van der Waals surface area (Å²) in [5.74, 6) is -3.04. The van der Waals surface area contributed by atoms with Crippen molar-refractivity contribution in [2.75, 3.05) is 13.1 Å². The molecule has 5 nitrogen and oxygen atoms in total. The monoisotopic (exact) mass is 399 g/mol. The fourth-order valence-corrected chi connectivity index (χ4v) is 6.56. The van der Waals surface area contributed by atoms with Gasteiger partial charge in [-0.2, -0.15) is 13.8 Å². The Morgan fingerprint density at radius 2 is 1.96 bits per heavy atom. The largest absolute Gasteiger partial charge is 0.361 e. The average Bonchev–Trinajstić information content (AvgIpc) is 3.29. The second kappa shape index (κ2) is 6.71. The van der Waals surface area contributed by atoms with Gasteiger partial charge in [0, 0.05) is 26.1 Å². The third-order valence-electron chi connectivity index (χ3n) is 6.92. The summed E-state index contributed by atoms with van der Waals surface area (Å²) in [7, 11) is 0. The number of amides is 2. The van der Waals surface area contributed by atoms with E-state index in [1.54, 1.807) is 0 Å². The molecular weight excluding hydrogens is 372 g/mol. The quantitative estimate of drug-likeness (QED) is 0.792. The molecule has 27 heavy (non-hydrogen) atoms. The molecule has 0 aromatic heterocycles. The maximum Gasteiger partial charge on any atom is 0.322 e. The first kappa shape index (κ1) is 19.2. The van der Waals surface area contributed by atoms with Crippen LogP contribution in [0.4, 0.5) is 8.78 Å². The van der Waals surface area contributed by atoms with Gasteiger partial charge in [0.05, 0.1) is 0 Å². The molecule has 0 aromatic carbocycles. The average molecular weight is 400 g/mol. The number of alkyl halides is 2. The van der Waals surface area contributed by atoms with Gasteiger partial charge in [0.1, 0.15) is 4.75 Å². The minimum atomic E-state index is -3.34. The normalized spacial score (nSPS) is 37.0. The molecule has 2 aliphatic carbocycles. The molecular formula is C19H27F2N3O2S. The molecule has 4 atom stereocenters. The third-order valence-corrected chi connectivity index (χ3v) is 8.25. The summed E-state index contributed by atoms with van der Waals surface area (Å²) >= 11 is 1.49. The molecule has 2 aliphatic heterocycles. The number of carbonyl (C=O) groups is 2. The summed E-state index contributed by atoms with van der Waals surface area (Å²) in [4.78, 5) is 29.9. The minimum Gasteiger partial charge on any atom is -0.361 e. The van der Waals surface area contributed by atoms with Gasteiger partial charge < -0.3 is 10.2 Å². The third kappa shape index (κ3) is 3.49. The Morgan fingerprint density at radius 3 is 2.52 bits per heavy atom. The van der Waals surface area contributed by atoms with E-state index in [4.69, 9.17) is 0 Å². The van der Waals surface area contributed by atoms with Crippen molar-refractivity contribution in [1.29, 1.82) is 0 Å². The van der Waals surface area contributed by atoms with Crippen LogP contribution in [-0.4, -0.2) is 51.7 Å². The second-order valence-electron chi connectivity index (χ2n) is 8.81. The van der Waals surface area contributed by atoms with Crippen LogP contribution in [0.1, 0.15) is 52.4 Å². The van der Waals surface area contributed by atoms with Gasteiger partial charge >= 0.3 is 5.92 Å². The van der Waals surface area contributed by atoms with Crippen LogP contribution in [0.15, 0.2) is 4.99 Å². The summed E-state index contributed by atoms with van der Waals surface area (Å²) in [6.07, 6.45) is 6.14. The van der Waals surface area contributed by atoms with Crippen LogP contribution in [-0.2, 0) is 9.59 Å². The Labute approximate surface area is 162 Å². The summed E-state index contributed by atoms with van der Waals surface area (Å²) in [6, 6.07) is 0.427. The summed E-state index contributed by atoms with van der Waals surface area (Å²) in [6.45, 7) is 3.09. The topological polar surface area (TPSA) is 61.8 Å². The van der Waals surface area contributed by atoms with Crippen molar-refractivity contribution in [2.45, 2.75) is 69.1 Å². The van der Waals surface area contributed by atoms with Gasteiger partial charge in [-0.25, -0.2) is 0 Å². The van der Waals surface area contributed by atoms with Crippen molar-refractivity contribution >= 4 is 28.7 Å². The number of nitrogens with zero attached hydrogens (tertiary/aromatic N) is 2. The summed E-state index contributed by atoms with van der Waals surface area (Å²) in [5, 5.41) is 4.23. The van der Waals surface area contributed by atoms with Crippen LogP contribution in [0.2, 0.25) is 0 Å². The lowest BCUT2D eigenvalue weighted by Gasteiger charge is -2.39. The fourth-order valence-electron chi connectivity index (χ4n) is 5.28. The van der Waals surface area contributed by atoms with E-state index >= 15 is 0 Å². The lowest BCUT2D eigenvalue weighted by Crippen LogP contribution is -2.50. The molecule has 1 unspecified atom stereocenters. The number of likely N-dealkylation sites (tertiary alicyclic amines) is 1. The zero-order valence-corrected chi connectivity index (χ0v) is 16.7. The number of aliphatic imine (C=N–C) groups is 1. The van der Waals surface area contributed by atoms with Crippen molar-refractivity contribution in [3.05, 3.63) is 0 Å². The van der Waals surface area contributed by atoms with E-state index < -0.39 is 16.6 Å². The van der Waals surface area contributed by atoms with Crippen LogP contribution in [0.5, 0.6) is 0 Å². The Bertz CT molecular complexity index is 672. The van der Waals surface area contributed by atoms with E-state index in [0.29, 0.717) is 31.7 Å². The second-order valence-corrected chi connectivity index (χ2v) is 10.3. The maximum atomic E-state index is 13.3. The Kier molecular flexibility index (Phi) is 4.76. The first-order chi connectivity index (χ1) is 12.7. The SMILES string of the molecule is CC(F)(F)C(=O)N1CCC(C2(C)SC(N[C@H]3C[C@H]4CC[C@H]3C4)=NC2=O)CC1. The van der Waals surface area contributed by atoms with E-state index in [-0.39, 0.29) is 24.9 Å². The molecule has 1 N–H and O–H groups in total. The Hall–Kier alpha value is -1.18. The van der Waals surface area contributed by atoms with E-state index in [2.05, 4.69) is 10.3 Å². The fraction of sp³-hybridized carbons (Fsp3) is 0.842. The van der Waals surface area contributed by atoms with Gasteiger partial charge in [-0.15, -0.1) is 0 Å². The van der Waals surface area contributed by atoms with Gasteiger partial charge in [-0.1, -0.05) is 18.2 Å². The number of amidine groups is 1. The zero-order chi connectivity index (χ0) is 19.4. The first-order valence-corrected chi connectivity index (χ1v) is 10.7. The lowest BCUT2D eigenvalue weighted by molar-refractivity contribution is -0.156. The molecule has 2 saturated carbocycles. The number of piperidine rings is 1. The highest BCUT2D eigenvalue weighted by molar-refractivity contribution is 8.16. The van der Waals surface area contributed by atoms with Crippen molar-refractivity contribution in [2.24, 2.45) is 22.7 Å². The van der Waals surface area contributed by atoms with Gasteiger partial charge in [-0.3, -0.25) is 9.59 Å². The number of nitrogens with one attached hydrogen (secondary N) is 1. The number of hydrogen-bond acceptors (Lipinski definition) is 4. The molecule has 2 bridgehead atoms. The summed E-state index contributed by atoms with van der Waals surface area (Å²) in [5.41, 5.74) is 0. The molecule has 2 heterocycles. The van der Waals surface area contributed by atoms with Gasteiger partial charge in [0.25, 0.3) is 11.8 Å². The number of fused-ring (bicyclic) bond motifs is 2. The molecule has 3 fully saturated rings. The molecule has 4 rings (SSSR count). The van der Waals surface area contributed by atoms with Crippen molar-refractivity contribution in [1.82, 2.24) is 10.2 Å². The Morgan fingerprint density at radius 1 is 1.26 bits per heavy atom. The van der Waals surface area contributed by atoms with Gasteiger partial charge in [0.15, 0.2) is 5.17 Å². The highest BCUT2D eigenvalue weighted by atomic mass is 32.2. The standard InChI is InChI=1S/C19H27F2N3O2S/c1-18(13-5-7-24(8-6-13)16(26)19(2,20)21)15(25)23-17(27-18)22-14-10-11-3-4-12(14)9-11/h11-14H,3-10H2,1-2H3,(H,22,23,25)/t11-,12-,14-,18?/m0/s1. The van der Waals surface area contributed by atoms with E-state index in [9.17, 15) is 18.4 Å². The van der Waals surface area contributed by atoms with E-state index in [0.717, 1.165) is 11.1 Å². The molecule has 4 aliphatic rings. The molecule has 0 aromatic rings. The zero-order valence-electron chi connectivity index (χ0n) is 15.8. The highest BCUT2D eigenvalue weighted by Crippen LogP contribution is 2.47. The number of hydrogen-bond donors (Lipinski definition) is 1. The molecule has 1 saturated heterocycles. The van der Waals surface area contributed by atoms with E-state index in [1.807, 2.05) is 6.92 Å². The minimum absolute atomic E-state index is 0.0348. The van der Waals surface area contributed by atoms with Crippen LogP contribution in [0, 0.1) is 17.8 Å². The van der Waals surface area contributed by atoms with Crippen LogP contribution < -0.4 is 5.32 Å². The van der Waals surface area contributed by atoms with Crippen LogP contribution in [0.25, 0.3) is 0 Å². The Balaban J connectivity index is 1.34. The van der Waals surface area contributed by atoms with Crippen molar-refractivity contribution in [3.8, 4) is 0 Å². The van der Waals surface area contributed by atoms with E-state index in [1.165, 1.54) is 42.3 Å². The van der Waals surface area contributed by atoms with Crippen molar-refractivity contribution < 1.29 is 18.4 Å². The highest BCUT2D eigenvalue weighted by Gasteiger charge is 2.50. The smallest absolute Gasteiger partial charge is 0.322 e. The van der Waals surface area contributed by atoms with Gasteiger partial charge in [0.2, 0.25) is 0 Å². The van der Waals surface area contributed by atoms with Crippen molar-refractivity contribution in [3.63, 3.8) is 0 Å². The molecule has 0 spiro atoms. The molecule has 8 heteroatoms. The maximum absolute atomic E-state index is 13.3. The number of thioether (sulfide) groups is 1. The number of rotatable bonds is 3. The predicted octanol–water partition coefficient (Wildman–Crippen LogP) is 3.05.